The van der Waals surface area contributed by atoms with Gasteiger partial charge in [-0.25, -0.2) is 4.79 Å². The van der Waals surface area contributed by atoms with E-state index in [4.69, 9.17) is 9.57 Å². The third kappa shape index (κ3) is 4.49. The van der Waals surface area contributed by atoms with Crippen molar-refractivity contribution in [3.8, 4) is 0 Å². The van der Waals surface area contributed by atoms with Gasteiger partial charge in [0.25, 0.3) is 0 Å². The summed E-state index contributed by atoms with van der Waals surface area (Å²) in [4.78, 5) is 17.7. The number of oxime groups is 1. The average Bonchev–Trinajstić information content (AvgIpc) is 2.48. The quantitative estimate of drug-likeness (QED) is 0.462. The Labute approximate surface area is 138 Å². The molecule has 1 fully saturated rings. The van der Waals surface area contributed by atoms with E-state index in [9.17, 15) is 9.90 Å². The van der Waals surface area contributed by atoms with Crippen LogP contribution in [0.25, 0.3) is 0 Å². The molecule has 23 heavy (non-hydrogen) atoms. The first-order valence-electron chi connectivity index (χ1n) is 8.96. The summed E-state index contributed by atoms with van der Waals surface area (Å²) in [6, 6.07) is 0. The molecule has 0 unspecified atom stereocenters. The monoisotopic (exact) mass is 323 g/mol. The van der Waals surface area contributed by atoms with E-state index in [1.165, 1.54) is 19.3 Å². The number of rotatable bonds is 5. The molecule has 2 rings (SSSR count). The summed E-state index contributed by atoms with van der Waals surface area (Å²) < 4.78 is 5.85. The zero-order chi connectivity index (χ0) is 16.7. The molecule has 0 aromatic carbocycles. The summed E-state index contributed by atoms with van der Waals surface area (Å²) in [6.07, 6.45) is 9.16. The summed E-state index contributed by atoms with van der Waals surface area (Å²) in [7, 11) is 0. The van der Waals surface area contributed by atoms with Crippen molar-refractivity contribution in [3.05, 3.63) is 11.3 Å². The number of ether oxygens (including phenoxy) is 1. The van der Waals surface area contributed by atoms with Crippen LogP contribution >= 0.6 is 0 Å². The standard InChI is InChI=1S/C18H29NO4/c1-3-10-14(19-22-4-2)16-15(20)13-18(23-17(16)21)11-8-6-5-7-9-12-18/h20H,3-13H2,1-2H3. The van der Waals surface area contributed by atoms with Crippen LogP contribution in [0.4, 0.5) is 0 Å². The van der Waals surface area contributed by atoms with Crippen LogP contribution in [0.3, 0.4) is 0 Å². The van der Waals surface area contributed by atoms with E-state index in [2.05, 4.69) is 5.16 Å². The zero-order valence-corrected chi connectivity index (χ0v) is 14.4. The van der Waals surface area contributed by atoms with Crippen molar-refractivity contribution in [2.45, 2.75) is 83.7 Å². The van der Waals surface area contributed by atoms with Crippen molar-refractivity contribution in [3.63, 3.8) is 0 Å². The lowest BCUT2D eigenvalue weighted by Crippen LogP contribution is -2.42. The van der Waals surface area contributed by atoms with Crippen LogP contribution in [0.5, 0.6) is 0 Å². The van der Waals surface area contributed by atoms with Crippen molar-refractivity contribution in [2.75, 3.05) is 6.61 Å². The van der Waals surface area contributed by atoms with E-state index in [1.54, 1.807) is 0 Å². The first-order chi connectivity index (χ1) is 11.1. The molecule has 0 atom stereocenters. The summed E-state index contributed by atoms with van der Waals surface area (Å²) in [6.45, 7) is 4.27. The highest BCUT2D eigenvalue weighted by atomic mass is 16.6. The van der Waals surface area contributed by atoms with Crippen LogP contribution in [-0.2, 0) is 14.4 Å². The van der Waals surface area contributed by atoms with E-state index < -0.39 is 11.6 Å². The number of hydrogen-bond donors (Lipinski definition) is 1. The van der Waals surface area contributed by atoms with Gasteiger partial charge in [-0.1, -0.05) is 37.8 Å². The third-order valence-corrected chi connectivity index (χ3v) is 4.64. The van der Waals surface area contributed by atoms with Crippen molar-refractivity contribution in [2.24, 2.45) is 5.16 Å². The molecule has 130 valence electrons. The maximum Gasteiger partial charge on any atom is 0.344 e. The van der Waals surface area contributed by atoms with Crippen LogP contribution < -0.4 is 0 Å². The highest BCUT2D eigenvalue weighted by molar-refractivity contribution is 6.20. The summed E-state index contributed by atoms with van der Waals surface area (Å²) in [5.74, 6) is -0.324. The van der Waals surface area contributed by atoms with E-state index >= 15 is 0 Å². The maximum absolute atomic E-state index is 12.6. The number of carbonyl (C=O) groups excluding carboxylic acids is 1. The van der Waals surface area contributed by atoms with Crippen molar-refractivity contribution in [1.82, 2.24) is 0 Å². The first kappa shape index (κ1) is 17.8. The van der Waals surface area contributed by atoms with E-state index in [0.29, 0.717) is 25.2 Å². The predicted octanol–water partition coefficient (Wildman–Crippen LogP) is 4.42. The molecule has 1 saturated carbocycles. The molecule has 0 bridgehead atoms. The van der Waals surface area contributed by atoms with Gasteiger partial charge in [-0.15, -0.1) is 0 Å². The zero-order valence-electron chi connectivity index (χ0n) is 14.4. The van der Waals surface area contributed by atoms with Gasteiger partial charge in [-0.2, -0.15) is 0 Å². The number of carbonyl (C=O) groups is 1. The van der Waals surface area contributed by atoms with E-state index in [0.717, 1.165) is 32.1 Å². The maximum atomic E-state index is 12.6. The Hall–Kier alpha value is -1.52. The molecule has 0 saturated heterocycles. The third-order valence-electron chi connectivity index (χ3n) is 4.64. The molecule has 1 heterocycles. The summed E-state index contributed by atoms with van der Waals surface area (Å²) >= 11 is 0. The molecule has 5 heteroatoms. The van der Waals surface area contributed by atoms with Gasteiger partial charge in [0, 0.05) is 6.42 Å². The molecule has 2 aliphatic rings. The predicted molar refractivity (Wildman–Crippen MR) is 89.4 cm³/mol. The molecule has 0 amide bonds. The summed E-state index contributed by atoms with van der Waals surface area (Å²) in [5, 5.41) is 14.6. The van der Waals surface area contributed by atoms with E-state index in [1.807, 2.05) is 13.8 Å². The molecule has 0 aromatic rings. The fourth-order valence-electron chi connectivity index (χ4n) is 3.50. The molecule has 0 radical (unpaired) electrons. The lowest BCUT2D eigenvalue weighted by molar-refractivity contribution is -0.160. The highest BCUT2D eigenvalue weighted by Crippen LogP contribution is 2.39. The topological polar surface area (TPSA) is 68.1 Å². The van der Waals surface area contributed by atoms with Crippen LogP contribution in [0, 0.1) is 0 Å². The van der Waals surface area contributed by atoms with Gasteiger partial charge in [-0.05, 0) is 39.0 Å². The lowest BCUT2D eigenvalue weighted by Gasteiger charge is -2.38. The fraction of sp³-hybridized carbons (Fsp3) is 0.778. The normalized spacial score (nSPS) is 22.5. The Morgan fingerprint density at radius 1 is 1.22 bits per heavy atom. The van der Waals surface area contributed by atoms with Gasteiger partial charge in [-0.3, -0.25) is 0 Å². The highest BCUT2D eigenvalue weighted by Gasteiger charge is 2.42. The van der Waals surface area contributed by atoms with Crippen LogP contribution in [0.15, 0.2) is 16.5 Å². The smallest absolute Gasteiger partial charge is 0.344 e. The minimum absolute atomic E-state index is 0.119. The minimum atomic E-state index is -0.520. The largest absolute Gasteiger partial charge is 0.511 e. The second kappa shape index (κ2) is 8.37. The Kier molecular flexibility index (Phi) is 6.48. The Balaban J connectivity index is 2.24. The second-order valence-corrected chi connectivity index (χ2v) is 6.54. The molecule has 1 aliphatic heterocycles. The van der Waals surface area contributed by atoms with Crippen molar-refractivity contribution >= 4 is 11.7 Å². The van der Waals surface area contributed by atoms with Gasteiger partial charge in [0.15, 0.2) is 0 Å². The number of aliphatic hydroxyl groups excluding tert-OH is 1. The van der Waals surface area contributed by atoms with Gasteiger partial charge >= 0.3 is 5.97 Å². The van der Waals surface area contributed by atoms with E-state index in [-0.39, 0.29) is 11.3 Å². The van der Waals surface area contributed by atoms with Gasteiger partial charge < -0.3 is 14.7 Å². The second-order valence-electron chi connectivity index (χ2n) is 6.54. The van der Waals surface area contributed by atoms with Crippen molar-refractivity contribution < 1.29 is 19.5 Å². The number of nitrogens with zero attached hydrogens (tertiary/aromatic N) is 1. The van der Waals surface area contributed by atoms with Crippen molar-refractivity contribution in [1.29, 1.82) is 0 Å². The SMILES string of the molecule is CCCC(=NOCC)C1=C(O)CC2(CCCCCCC2)OC1=O. The lowest BCUT2D eigenvalue weighted by atomic mass is 9.81. The van der Waals surface area contributed by atoms with Gasteiger partial charge in [0.05, 0.1) is 5.71 Å². The molecular formula is C18H29NO4. The number of aliphatic hydroxyl groups is 1. The Bertz CT molecular complexity index is 473. The molecular weight excluding hydrogens is 294 g/mol. The summed E-state index contributed by atoms with van der Waals surface area (Å²) in [5.41, 5.74) is 0.194. The molecule has 5 nitrogen and oxygen atoms in total. The first-order valence-corrected chi connectivity index (χ1v) is 8.96. The average molecular weight is 323 g/mol. The Morgan fingerprint density at radius 2 is 1.87 bits per heavy atom. The number of hydrogen-bond acceptors (Lipinski definition) is 5. The van der Waals surface area contributed by atoms with Crippen LogP contribution in [0.1, 0.15) is 78.1 Å². The molecule has 1 N–H and O–H groups in total. The minimum Gasteiger partial charge on any atom is -0.511 e. The fourth-order valence-corrected chi connectivity index (χ4v) is 3.50. The molecule has 1 aliphatic carbocycles. The van der Waals surface area contributed by atoms with Crippen LogP contribution in [0.2, 0.25) is 0 Å². The molecule has 1 spiro atoms. The number of esters is 1. The van der Waals surface area contributed by atoms with Gasteiger partial charge in [0.2, 0.25) is 0 Å². The van der Waals surface area contributed by atoms with Crippen LogP contribution in [-0.4, -0.2) is 29.0 Å². The molecule has 0 aromatic heterocycles. The Morgan fingerprint density at radius 3 is 2.43 bits per heavy atom. The van der Waals surface area contributed by atoms with Gasteiger partial charge in [0.1, 0.15) is 23.5 Å².